The van der Waals surface area contributed by atoms with Crippen LogP contribution in [0.15, 0.2) is 243 Å². The molecule has 0 aliphatic heterocycles. The van der Waals surface area contributed by atoms with Crippen LogP contribution in [0.1, 0.15) is 0 Å². The fourth-order valence-corrected chi connectivity index (χ4v) is 11.5. The van der Waals surface area contributed by atoms with Gasteiger partial charge in [0.05, 0.1) is 39.1 Å². The number of nitrogens with zero attached hydrogens (tertiary/aromatic N) is 4. The van der Waals surface area contributed by atoms with Gasteiger partial charge in [0.2, 0.25) is 5.95 Å². The first-order chi connectivity index (χ1) is 34.7. The van der Waals surface area contributed by atoms with Gasteiger partial charge in [0.15, 0.2) is 0 Å². The van der Waals surface area contributed by atoms with Gasteiger partial charge in [-0.15, -0.1) is 0 Å². The Hall–Kier alpha value is -9.38. The van der Waals surface area contributed by atoms with E-state index in [0.717, 1.165) is 60.7 Å². The molecule has 324 valence electrons. The molecule has 0 fully saturated rings. The van der Waals surface area contributed by atoms with Crippen molar-refractivity contribution in [2.24, 2.45) is 0 Å². The van der Waals surface area contributed by atoms with Crippen LogP contribution in [0, 0.1) is 0 Å². The molecule has 0 spiro atoms. The second-order valence-electron chi connectivity index (χ2n) is 18.5. The van der Waals surface area contributed by atoms with Crippen LogP contribution in [-0.2, 0) is 0 Å². The largest absolute Gasteiger partial charge is 0.309 e. The summed E-state index contributed by atoms with van der Waals surface area (Å²) < 4.78 is 4.70. The summed E-state index contributed by atoms with van der Waals surface area (Å²) in [6, 6.07) is 88.2. The summed E-state index contributed by atoms with van der Waals surface area (Å²) in [4.78, 5) is 11.2. The average Bonchev–Trinajstić information content (AvgIpc) is 3.94. The van der Waals surface area contributed by atoms with Crippen molar-refractivity contribution in [2.45, 2.75) is 0 Å². The average molecular weight is 889 g/mol. The van der Waals surface area contributed by atoms with Crippen LogP contribution in [0.5, 0.6) is 0 Å². The third-order valence-corrected chi connectivity index (χ3v) is 14.7. The Labute approximate surface area is 402 Å². The molecule has 0 unspecified atom stereocenters. The van der Waals surface area contributed by atoms with Gasteiger partial charge in [-0.05, 0) is 120 Å². The minimum absolute atomic E-state index is 0.628. The van der Waals surface area contributed by atoms with E-state index in [2.05, 4.69) is 252 Å². The standard InChI is InChI=1S/C66H40N4/c1-6-22-48-41(16-1)19-15-31-61(48)69-62-29-13-11-27-53(62)57-36-42(32-34-64(57)69)43-33-35-65-58(37-43)54-28-12-14-30-63(54)70(65)66-67-59(55-38-44-17-2-4-20-46(44)49-23-7-9-25-51(49)55)40-60(68-66)56-39-45-18-3-5-21-47(45)50-24-8-10-26-52(50)56/h1-40H. The molecule has 15 aromatic rings. The van der Waals surface area contributed by atoms with Crippen LogP contribution in [0.25, 0.3) is 143 Å². The van der Waals surface area contributed by atoms with Crippen LogP contribution >= 0.6 is 0 Å². The molecule has 15 rings (SSSR count). The van der Waals surface area contributed by atoms with E-state index >= 15 is 0 Å². The predicted octanol–water partition coefficient (Wildman–Crippen LogP) is 17.4. The predicted molar refractivity (Wildman–Crippen MR) is 295 cm³/mol. The van der Waals surface area contributed by atoms with Crippen LogP contribution in [0.3, 0.4) is 0 Å². The zero-order valence-electron chi connectivity index (χ0n) is 37.9. The van der Waals surface area contributed by atoms with Crippen LogP contribution in [-0.4, -0.2) is 19.1 Å². The molecule has 0 atom stereocenters. The first kappa shape index (κ1) is 38.7. The number of hydrogen-bond donors (Lipinski definition) is 0. The fourth-order valence-electron chi connectivity index (χ4n) is 11.5. The van der Waals surface area contributed by atoms with Gasteiger partial charge in [0, 0.05) is 38.1 Å². The normalized spacial score (nSPS) is 12.0. The second kappa shape index (κ2) is 15.1. The summed E-state index contributed by atoms with van der Waals surface area (Å²) >= 11 is 0. The Balaban J connectivity index is 0.961. The molecular weight excluding hydrogens is 849 g/mol. The summed E-state index contributed by atoms with van der Waals surface area (Å²) in [6.45, 7) is 0. The maximum atomic E-state index is 5.61. The number of hydrogen-bond acceptors (Lipinski definition) is 2. The molecule has 0 saturated carbocycles. The fraction of sp³-hybridized carbons (Fsp3) is 0. The zero-order chi connectivity index (χ0) is 45.9. The van der Waals surface area contributed by atoms with Crippen molar-refractivity contribution >= 4 is 97.5 Å². The highest BCUT2D eigenvalue weighted by Gasteiger charge is 2.21. The van der Waals surface area contributed by atoms with Crippen molar-refractivity contribution in [3.8, 4) is 45.3 Å². The summed E-state index contributed by atoms with van der Waals surface area (Å²) in [5.74, 6) is 0.628. The smallest absolute Gasteiger partial charge is 0.235 e. The first-order valence-corrected chi connectivity index (χ1v) is 24.0. The number of rotatable bonds is 5. The molecule has 0 aliphatic carbocycles. The molecule has 0 saturated heterocycles. The molecule has 0 bridgehead atoms. The molecule has 4 heteroatoms. The third-order valence-electron chi connectivity index (χ3n) is 14.7. The van der Waals surface area contributed by atoms with Gasteiger partial charge in [0.1, 0.15) is 0 Å². The van der Waals surface area contributed by atoms with Crippen LogP contribution < -0.4 is 0 Å². The zero-order valence-corrected chi connectivity index (χ0v) is 37.9. The van der Waals surface area contributed by atoms with Gasteiger partial charge < -0.3 is 4.57 Å². The highest BCUT2D eigenvalue weighted by molar-refractivity contribution is 6.17. The Bertz CT molecular complexity index is 4530. The molecule has 12 aromatic carbocycles. The third kappa shape index (κ3) is 5.77. The van der Waals surface area contributed by atoms with E-state index in [1.807, 2.05) is 0 Å². The van der Waals surface area contributed by atoms with Crippen molar-refractivity contribution in [3.63, 3.8) is 0 Å². The van der Waals surface area contributed by atoms with Gasteiger partial charge >= 0.3 is 0 Å². The summed E-state index contributed by atoms with van der Waals surface area (Å²) in [5.41, 5.74) is 11.9. The van der Waals surface area contributed by atoms with Gasteiger partial charge in [-0.3, -0.25) is 4.57 Å². The lowest BCUT2D eigenvalue weighted by molar-refractivity contribution is 0.997. The van der Waals surface area contributed by atoms with E-state index in [1.54, 1.807) is 0 Å². The van der Waals surface area contributed by atoms with Crippen molar-refractivity contribution in [3.05, 3.63) is 243 Å². The van der Waals surface area contributed by atoms with E-state index in [4.69, 9.17) is 9.97 Å². The highest BCUT2D eigenvalue weighted by Crippen LogP contribution is 2.42. The van der Waals surface area contributed by atoms with Crippen molar-refractivity contribution in [2.75, 3.05) is 0 Å². The lowest BCUT2D eigenvalue weighted by atomic mass is 9.93. The lowest BCUT2D eigenvalue weighted by Gasteiger charge is -2.16. The first-order valence-electron chi connectivity index (χ1n) is 24.0. The summed E-state index contributed by atoms with van der Waals surface area (Å²) in [5, 5.41) is 16.7. The van der Waals surface area contributed by atoms with E-state index in [1.165, 1.54) is 76.1 Å². The van der Waals surface area contributed by atoms with E-state index in [9.17, 15) is 0 Å². The Morgan fingerprint density at radius 3 is 1.20 bits per heavy atom. The second-order valence-corrected chi connectivity index (χ2v) is 18.5. The van der Waals surface area contributed by atoms with Gasteiger partial charge in [0.25, 0.3) is 0 Å². The van der Waals surface area contributed by atoms with E-state index < -0.39 is 0 Å². The molecule has 3 heterocycles. The van der Waals surface area contributed by atoms with E-state index in [-0.39, 0.29) is 0 Å². The Morgan fingerprint density at radius 2 is 0.643 bits per heavy atom. The van der Waals surface area contributed by atoms with Crippen LogP contribution in [0.4, 0.5) is 0 Å². The highest BCUT2D eigenvalue weighted by atomic mass is 15.2. The van der Waals surface area contributed by atoms with E-state index in [0.29, 0.717) is 5.95 Å². The minimum atomic E-state index is 0.628. The van der Waals surface area contributed by atoms with Gasteiger partial charge in [-0.25, -0.2) is 9.97 Å². The molecule has 0 N–H and O–H groups in total. The maximum absolute atomic E-state index is 5.61. The van der Waals surface area contributed by atoms with Crippen molar-refractivity contribution in [1.82, 2.24) is 19.1 Å². The summed E-state index contributed by atoms with van der Waals surface area (Å²) in [6.07, 6.45) is 0. The quantitative estimate of drug-likeness (QED) is 0.161. The minimum Gasteiger partial charge on any atom is -0.309 e. The number of benzene rings is 12. The summed E-state index contributed by atoms with van der Waals surface area (Å²) in [7, 11) is 0. The van der Waals surface area contributed by atoms with Crippen molar-refractivity contribution < 1.29 is 0 Å². The Morgan fingerprint density at radius 1 is 0.243 bits per heavy atom. The monoisotopic (exact) mass is 888 g/mol. The molecule has 0 radical (unpaired) electrons. The SMILES string of the molecule is c1ccc2c(-n3c4ccccc4c4cc(-c5ccc6c(c5)c5ccccc5n6-c5nc(-c6cc7ccccc7c7ccccc67)cc(-c6cc7ccccc7c7ccccc67)n5)ccc43)cccc2c1. The number of fused-ring (bicyclic) bond motifs is 13. The van der Waals surface area contributed by atoms with Gasteiger partial charge in [-0.2, -0.15) is 0 Å². The number of aromatic nitrogens is 4. The molecule has 3 aromatic heterocycles. The van der Waals surface area contributed by atoms with Crippen molar-refractivity contribution in [1.29, 1.82) is 0 Å². The number of para-hydroxylation sites is 2. The molecule has 0 aliphatic rings. The molecular formula is C66H40N4. The lowest BCUT2D eigenvalue weighted by Crippen LogP contribution is -2.04. The molecule has 4 nitrogen and oxygen atoms in total. The van der Waals surface area contributed by atoms with Crippen LogP contribution in [0.2, 0.25) is 0 Å². The molecule has 70 heavy (non-hydrogen) atoms. The maximum Gasteiger partial charge on any atom is 0.235 e. The molecule has 0 amide bonds. The Kier molecular flexibility index (Phi) is 8.33. The topological polar surface area (TPSA) is 35.6 Å². The van der Waals surface area contributed by atoms with Gasteiger partial charge in [-0.1, -0.05) is 182 Å².